The second kappa shape index (κ2) is 7.88. The number of hydrogen-bond acceptors (Lipinski definition) is 6. The first-order valence-electron chi connectivity index (χ1n) is 10.3. The average molecular weight is 402 g/mol. The standard InChI is InChI=1S/C23H30O6/c1-12-15-9-17(21(12)26)19(28-13(2)24)11-18-16(7-6-8-23(18,4)5)22(27)20(10-15)29-14(3)25/h9,15-16,18-20H,1,6-8,10-11H2,2-5H3/t15?,16?,18-,19+,20+/m0/s1. The number of Topliss-reactive ketones (excluding diaryl/α,β-unsaturated/α-hetero) is 2. The first kappa shape index (κ1) is 21.5. The van der Waals surface area contributed by atoms with Crippen LogP contribution in [0.15, 0.2) is 23.8 Å². The van der Waals surface area contributed by atoms with Crippen LogP contribution in [0.25, 0.3) is 0 Å². The summed E-state index contributed by atoms with van der Waals surface area (Å²) in [5.74, 6) is -2.09. The third-order valence-electron chi connectivity index (χ3n) is 6.79. The molecule has 0 aromatic rings. The lowest BCUT2D eigenvalue weighted by Crippen LogP contribution is -2.45. The fourth-order valence-electron chi connectivity index (χ4n) is 5.30. The van der Waals surface area contributed by atoms with Gasteiger partial charge < -0.3 is 9.47 Å². The average Bonchev–Trinajstić information content (AvgIpc) is 2.88. The van der Waals surface area contributed by atoms with Gasteiger partial charge >= 0.3 is 11.9 Å². The van der Waals surface area contributed by atoms with Crippen LogP contribution in [0.5, 0.6) is 0 Å². The van der Waals surface area contributed by atoms with E-state index in [4.69, 9.17) is 9.47 Å². The molecule has 0 spiro atoms. The molecule has 158 valence electrons. The van der Waals surface area contributed by atoms with E-state index in [1.807, 2.05) is 0 Å². The second-order valence-corrected chi connectivity index (χ2v) is 9.25. The Kier molecular flexibility index (Phi) is 5.84. The third kappa shape index (κ3) is 4.21. The van der Waals surface area contributed by atoms with Gasteiger partial charge in [0.2, 0.25) is 0 Å². The molecule has 0 aromatic heterocycles. The monoisotopic (exact) mass is 402 g/mol. The molecule has 0 heterocycles. The van der Waals surface area contributed by atoms with Gasteiger partial charge in [-0.15, -0.1) is 0 Å². The maximum absolute atomic E-state index is 13.5. The van der Waals surface area contributed by atoms with Crippen molar-refractivity contribution in [2.45, 2.75) is 72.0 Å². The van der Waals surface area contributed by atoms with Crippen molar-refractivity contribution in [2.75, 3.05) is 0 Å². The summed E-state index contributed by atoms with van der Waals surface area (Å²) < 4.78 is 11.0. The van der Waals surface area contributed by atoms with Crippen molar-refractivity contribution in [3.63, 3.8) is 0 Å². The van der Waals surface area contributed by atoms with Gasteiger partial charge in [-0.25, -0.2) is 0 Å². The van der Waals surface area contributed by atoms with E-state index in [-0.39, 0.29) is 35.2 Å². The molecule has 6 heteroatoms. The molecule has 0 amide bonds. The number of ketones is 2. The molecule has 2 bridgehead atoms. The molecule has 0 saturated heterocycles. The highest BCUT2D eigenvalue weighted by molar-refractivity contribution is 6.12. The largest absolute Gasteiger partial charge is 0.458 e. The zero-order valence-corrected chi connectivity index (χ0v) is 17.7. The highest BCUT2D eigenvalue weighted by Gasteiger charge is 2.49. The number of rotatable bonds is 2. The molecule has 1 fully saturated rings. The summed E-state index contributed by atoms with van der Waals surface area (Å²) in [5.41, 5.74) is 0.618. The van der Waals surface area contributed by atoms with E-state index < -0.39 is 30.1 Å². The zero-order chi connectivity index (χ0) is 21.5. The van der Waals surface area contributed by atoms with Crippen molar-refractivity contribution in [3.8, 4) is 0 Å². The van der Waals surface area contributed by atoms with Gasteiger partial charge in [0.1, 0.15) is 6.10 Å². The van der Waals surface area contributed by atoms with Gasteiger partial charge in [0.25, 0.3) is 0 Å². The lowest BCUT2D eigenvalue weighted by Gasteiger charge is -2.45. The van der Waals surface area contributed by atoms with Gasteiger partial charge in [-0.3, -0.25) is 19.2 Å². The molecule has 2 unspecified atom stereocenters. The number of esters is 2. The Bertz CT molecular complexity index is 789. The Morgan fingerprint density at radius 1 is 1.07 bits per heavy atom. The molecule has 1 saturated carbocycles. The molecule has 29 heavy (non-hydrogen) atoms. The molecule has 5 atom stereocenters. The zero-order valence-electron chi connectivity index (χ0n) is 17.7. The number of ether oxygens (including phenoxy) is 2. The Morgan fingerprint density at radius 3 is 2.31 bits per heavy atom. The van der Waals surface area contributed by atoms with Crippen molar-refractivity contribution in [1.82, 2.24) is 0 Å². The first-order valence-corrected chi connectivity index (χ1v) is 10.3. The van der Waals surface area contributed by atoms with Gasteiger partial charge in [-0.2, -0.15) is 0 Å². The normalized spacial score (nSPS) is 34.1. The first-order chi connectivity index (χ1) is 13.5. The summed E-state index contributed by atoms with van der Waals surface area (Å²) in [6.07, 6.45) is 3.30. The second-order valence-electron chi connectivity index (χ2n) is 9.25. The predicted octanol–water partition coefficient (Wildman–Crippen LogP) is 3.34. The van der Waals surface area contributed by atoms with Gasteiger partial charge in [-0.1, -0.05) is 32.9 Å². The SMILES string of the molecule is C=C1C(=O)C2=CC1C[C@@H](OC(C)=O)C(=O)C1CCCC(C)(C)[C@H]1C[C@H]2OC(C)=O. The van der Waals surface area contributed by atoms with Crippen molar-refractivity contribution < 1.29 is 28.7 Å². The molecule has 6 nitrogen and oxygen atoms in total. The minimum atomic E-state index is -0.899. The van der Waals surface area contributed by atoms with Crippen LogP contribution in [0.4, 0.5) is 0 Å². The molecule has 3 aliphatic rings. The Labute approximate surface area is 171 Å². The summed E-state index contributed by atoms with van der Waals surface area (Å²) in [5, 5.41) is 0. The Hall–Kier alpha value is -2.24. The highest BCUT2D eigenvalue weighted by atomic mass is 16.5. The lowest BCUT2D eigenvalue weighted by atomic mass is 9.60. The van der Waals surface area contributed by atoms with E-state index in [0.717, 1.165) is 12.8 Å². The summed E-state index contributed by atoms with van der Waals surface area (Å²) in [7, 11) is 0. The molecule has 3 rings (SSSR count). The van der Waals surface area contributed by atoms with Gasteiger partial charge in [0.05, 0.1) is 0 Å². The van der Waals surface area contributed by atoms with E-state index in [2.05, 4.69) is 20.4 Å². The minimum Gasteiger partial charge on any atom is -0.458 e. The van der Waals surface area contributed by atoms with E-state index in [1.54, 1.807) is 6.08 Å². The molecular weight excluding hydrogens is 372 g/mol. The fraction of sp³-hybridized carbons (Fsp3) is 0.652. The van der Waals surface area contributed by atoms with Crippen molar-refractivity contribution in [3.05, 3.63) is 23.8 Å². The maximum Gasteiger partial charge on any atom is 0.303 e. The van der Waals surface area contributed by atoms with Gasteiger partial charge in [-0.05, 0) is 36.2 Å². The molecule has 0 radical (unpaired) electrons. The number of carbonyl (C=O) groups is 4. The third-order valence-corrected chi connectivity index (χ3v) is 6.79. The van der Waals surface area contributed by atoms with Gasteiger partial charge in [0.15, 0.2) is 17.7 Å². The van der Waals surface area contributed by atoms with Crippen LogP contribution in [0, 0.1) is 23.2 Å². The predicted molar refractivity (Wildman–Crippen MR) is 106 cm³/mol. The molecular formula is C23H30O6. The van der Waals surface area contributed by atoms with Crippen LogP contribution in [0.2, 0.25) is 0 Å². The summed E-state index contributed by atoms with van der Waals surface area (Å²) >= 11 is 0. The Balaban J connectivity index is 2.09. The summed E-state index contributed by atoms with van der Waals surface area (Å²) in [6, 6.07) is 0. The quantitative estimate of drug-likeness (QED) is 0.520. The Morgan fingerprint density at radius 2 is 1.69 bits per heavy atom. The summed E-state index contributed by atoms with van der Waals surface area (Å²) in [4.78, 5) is 49.8. The highest BCUT2D eigenvalue weighted by Crippen LogP contribution is 2.49. The van der Waals surface area contributed by atoms with Crippen LogP contribution < -0.4 is 0 Å². The fourth-order valence-corrected chi connectivity index (χ4v) is 5.30. The van der Waals surface area contributed by atoms with E-state index >= 15 is 0 Å². The van der Waals surface area contributed by atoms with Crippen LogP contribution >= 0.6 is 0 Å². The number of fused-ring (bicyclic) bond motifs is 2. The van der Waals surface area contributed by atoms with Crippen LogP contribution in [0.1, 0.15) is 59.8 Å². The minimum absolute atomic E-state index is 0.0923. The van der Waals surface area contributed by atoms with Crippen molar-refractivity contribution >= 4 is 23.5 Å². The molecule has 3 aliphatic carbocycles. The molecule has 0 aliphatic heterocycles. The topological polar surface area (TPSA) is 86.7 Å². The van der Waals surface area contributed by atoms with Crippen molar-refractivity contribution in [1.29, 1.82) is 0 Å². The van der Waals surface area contributed by atoms with Crippen LogP contribution in [-0.2, 0) is 28.7 Å². The number of allylic oxidation sites excluding steroid dienone is 2. The van der Waals surface area contributed by atoms with Crippen molar-refractivity contribution in [2.24, 2.45) is 23.2 Å². The lowest BCUT2D eigenvalue weighted by molar-refractivity contribution is -0.158. The van der Waals surface area contributed by atoms with E-state index in [9.17, 15) is 19.2 Å². The number of hydrogen-bond donors (Lipinski definition) is 0. The van der Waals surface area contributed by atoms with E-state index in [0.29, 0.717) is 24.0 Å². The molecule has 0 N–H and O–H groups in total. The van der Waals surface area contributed by atoms with E-state index in [1.165, 1.54) is 13.8 Å². The van der Waals surface area contributed by atoms with Crippen LogP contribution in [-0.4, -0.2) is 35.7 Å². The van der Waals surface area contributed by atoms with Gasteiger partial charge in [0, 0.05) is 37.7 Å². The number of carbonyl (C=O) groups excluding carboxylic acids is 4. The maximum atomic E-state index is 13.5. The van der Waals surface area contributed by atoms with Crippen LogP contribution in [0.3, 0.4) is 0 Å². The smallest absolute Gasteiger partial charge is 0.303 e. The summed E-state index contributed by atoms with van der Waals surface area (Å²) in [6.45, 7) is 10.7. The molecule has 0 aromatic carbocycles.